The van der Waals surface area contributed by atoms with Gasteiger partial charge in [-0.1, -0.05) is 11.6 Å². The van der Waals surface area contributed by atoms with E-state index in [0.717, 1.165) is 23.0 Å². The maximum Gasteiger partial charge on any atom is 0.417 e. The van der Waals surface area contributed by atoms with E-state index in [1.54, 1.807) is 10.8 Å². The number of aryl methyl sites for hydroxylation is 2. The summed E-state index contributed by atoms with van der Waals surface area (Å²) in [4.78, 5) is 15.4. The Kier molecular flexibility index (Phi) is 6.48. The van der Waals surface area contributed by atoms with E-state index in [2.05, 4.69) is 15.4 Å². The molecule has 0 saturated carbocycles. The van der Waals surface area contributed by atoms with Gasteiger partial charge in [0.2, 0.25) is 0 Å². The normalized spacial score (nSPS) is 11.8. The molecule has 146 valence electrons. The monoisotopic (exact) mass is 402 g/mol. The number of carbonyl (C=O) groups excluding carboxylic acids is 1. The number of alkyl halides is 3. The molecule has 10 heteroatoms. The molecule has 0 aliphatic rings. The minimum atomic E-state index is -4.51. The maximum absolute atomic E-state index is 12.6. The molecule has 0 saturated heterocycles. The van der Waals surface area contributed by atoms with E-state index in [1.165, 1.54) is 6.08 Å². The van der Waals surface area contributed by atoms with Gasteiger partial charge in [0, 0.05) is 30.6 Å². The fraction of sp³-hybridized carbons (Fsp3) is 0.353. The van der Waals surface area contributed by atoms with Gasteiger partial charge in [0.05, 0.1) is 22.8 Å². The molecule has 2 heterocycles. The largest absolute Gasteiger partial charge is 0.461 e. The van der Waals surface area contributed by atoms with E-state index in [0.29, 0.717) is 6.20 Å². The topological polar surface area (TPSA) is 69.0 Å². The fourth-order valence-corrected chi connectivity index (χ4v) is 2.51. The molecule has 0 aliphatic heterocycles. The highest BCUT2D eigenvalue weighted by atomic mass is 35.5. The summed E-state index contributed by atoms with van der Waals surface area (Å²) in [5.41, 5.74) is 1.62. The summed E-state index contributed by atoms with van der Waals surface area (Å²) in [7, 11) is 1.81. The Hall–Kier alpha value is -2.55. The quantitative estimate of drug-likeness (QED) is 0.452. The zero-order valence-electron chi connectivity index (χ0n) is 14.9. The van der Waals surface area contributed by atoms with E-state index in [1.807, 2.05) is 20.9 Å². The summed E-state index contributed by atoms with van der Waals surface area (Å²) in [6.07, 6.45) is -0.911. The minimum Gasteiger partial charge on any atom is -0.461 e. The third-order valence-electron chi connectivity index (χ3n) is 3.76. The zero-order chi connectivity index (χ0) is 20.2. The van der Waals surface area contributed by atoms with Crippen molar-refractivity contribution in [1.29, 1.82) is 0 Å². The van der Waals surface area contributed by atoms with Gasteiger partial charge < -0.3 is 10.1 Å². The standard InChI is InChI=1S/C17H18ClF3N4O2/c1-10-13(11(2)25(3)24-10)4-5-15(26)27-7-6-22-16-14(18)8-12(9-23-16)17(19,20)21/h4-5,8-9H,6-7H2,1-3H3,(H,22,23). The molecule has 2 aromatic rings. The summed E-state index contributed by atoms with van der Waals surface area (Å²) in [5.74, 6) is -0.469. The molecule has 0 atom stereocenters. The lowest BCUT2D eigenvalue weighted by atomic mass is 10.2. The number of rotatable bonds is 6. The second-order valence-corrected chi connectivity index (χ2v) is 6.10. The number of hydrogen-bond acceptors (Lipinski definition) is 5. The predicted octanol–water partition coefficient (Wildman–Crippen LogP) is 3.77. The number of nitrogens with one attached hydrogen (secondary N) is 1. The van der Waals surface area contributed by atoms with Gasteiger partial charge in [-0.05, 0) is 26.0 Å². The first-order valence-electron chi connectivity index (χ1n) is 7.91. The number of hydrogen-bond donors (Lipinski definition) is 1. The summed E-state index contributed by atoms with van der Waals surface area (Å²) < 4.78 is 44.4. The highest BCUT2D eigenvalue weighted by Gasteiger charge is 2.31. The summed E-state index contributed by atoms with van der Waals surface area (Å²) in [6.45, 7) is 3.86. The van der Waals surface area contributed by atoms with Gasteiger partial charge in [-0.3, -0.25) is 4.68 Å². The number of ether oxygens (including phenoxy) is 1. The lowest BCUT2D eigenvalue weighted by Gasteiger charge is -2.10. The number of anilines is 1. The summed E-state index contributed by atoms with van der Waals surface area (Å²) >= 11 is 5.77. The minimum absolute atomic E-state index is 0.00674. The van der Waals surface area contributed by atoms with Crippen LogP contribution in [-0.4, -0.2) is 33.9 Å². The van der Waals surface area contributed by atoms with Crippen LogP contribution in [0.4, 0.5) is 19.0 Å². The van der Waals surface area contributed by atoms with Crippen molar-refractivity contribution in [2.45, 2.75) is 20.0 Å². The van der Waals surface area contributed by atoms with Gasteiger partial charge in [-0.15, -0.1) is 0 Å². The second kappa shape index (κ2) is 8.43. The van der Waals surface area contributed by atoms with Crippen molar-refractivity contribution in [2.75, 3.05) is 18.5 Å². The van der Waals surface area contributed by atoms with Crippen LogP contribution in [0.15, 0.2) is 18.3 Å². The summed E-state index contributed by atoms with van der Waals surface area (Å²) in [6, 6.07) is 0.782. The van der Waals surface area contributed by atoms with Crippen molar-refractivity contribution in [3.05, 3.63) is 45.9 Å². The zero-order valence-corrected chi connectivity index (χ0v) is 15.6. The number of esters is 1. The Balaban J connectivity index is 1.83. The molecule has 0 amide bonds. The lowest BCUT2D eigenvalue weighted by Crippen LogP contribution is -2.14. The first-order valence-corrected chi connectivity index (χ1v) is 8.29. The highest BCUT2D eigenvalue weighted by molar-refractivity contribution is 6.32. The Morgan fingerprint density at radius 3 is 2.67 bits per heavy atom. The molecule has 0 spiro atoms. The molecule has 0 aliphatic carbocycles. The Labute approximate surface area is 159 Å². The average molecular weight is 403 g/mol. The van der Waals surface area contributed by atoms with Gasteiger partial charge in [0.15, 0.2) is 0 Å². The molecule has 2 rings (SSSR count). The van der Waals surface area contributed by atoms with Crippen molar-refractivity contribution >= 4 is 29.5 Å². The van der Waals surface area contributed by atoms with E-state index in [-0.39, 0.29) is 24.0 Å². The third kappa shape index (κ3) is 5.46. The molecule has 1 N–H and O–H groups in total. The van der Waals surface area contributed by atoms with Crippen LogP contribution >= 0.6 is 11.6 Å². The molecule has 0 fully saturated rings. The second-order valence-electron chi connectivity index (χ2n) is 5.69. The Morgan fingerprint density at radius 1 is 1.41 bits per heavy atom. The number of nitrogens with zero attached hydrogens (tertiary/aromatic N) is 3. The predicted molar refractivity (Wildman–Crippen MR) is 95.4 cm³/mol. The van der Waals surface area contributed by atoms with Crippen LogP contribution < -0.4 is 5.32 Å². The average Bonchev–Trinajstić information content (AvgIpc) is 2.82. The molecular formula is C17H18ClF3N4O2. The van der Waals surface area contributed by atoms with Crippen LogP contribution in [0.2, 0.25) is 5.02 Å². The molecule has 0 unspecified atom stereocenters. The van der Waals surface area contributed by atoms with Gasteiger partial charge in [-0.25, -0.2) is 9.78 Å². The molecule has 0 bridgehead atoms. The van der Waals surface area contributed by atoms with Crippen molar-refractivity contribution in [1.82, 2.24) is 14.8 Å². The van der Waals surface area contributed by atoms with Gasteiger partial charge in [0.25, 0.3) is 0 Å². The van der Waals surface area contributed by atoms with E-state index in [4.69, 9.17) is 16.3 Å². The van der Waals surface area contributed by atoms with E-state index < -0.39 is 17.7 Å². The number of carbonyl (C=O) groups is 1. The van der Waals surface area contributed by atoms with Crippen LogP contribution in [0.25, 0.3) is 6.08 Å². The van der Waals surface area contributed by atoms with Gasteiger partial charge in [0.1, 0.15) is 12.4 Å². The van der Waals surface area contributed by atoms with Crippen LogP contribution in [0.5, 0.6) is 0 Å². The maximum atomic E-state index is 12.6. The number of pyridine rings is 1. The molecular weight excluding hydrogens is 385 g/mol. The molecule has 0 radical (unpaired) electrons. The Bertz CT molecular complexity index is 863. The van der Waals surface area contributed by atoms with E-state index in [9.17, 15) is 18.0 Å². The number of halogens is 4. The summed E-state index contributed by atoms with van der Waals surface area (Å²) in [5, 5.41) is 6.79. The van der Waals surface area contributed by atoms with Crippen molar-refractivity contribution in [3.8, 4) is 0 Å². The van der Waals surface area contributed by atoms with Crippen LogP contribution in [0.1, 0.15) is 22.5 Å². The number of aromatic nitrogens is 3. The van der Waals surface area contributed by atoms with Crippen molar-refractivity contribution in [2.24, 2.45) is 7.05 Å². The first kappa shape index (κ1) is 20.8. The third-order valence-corrected chi connectivity index (χ3v) is 4.05. The van der Waals surface area contributed by atoms with Gasteiger partial charge in [-0.2, -0.15) is 18.3 Å². The Morgan fingerprint density at radius 2 is 2.11 bits per heavy atom. The van der Waals surface area contributed by atoms with Crippen LogP contribution in [-0.2, 0) is 22.8 Å². The van der Waals surface area contributed by atoms with Gasteiger partial charge >= 0.3 is 12.1 Å². The molecule has 27 heavy (non-hydrogen) atoms. The van der Waals surface area contributed by atoms with Crippen LogP contribution in [0.3, 0.4) is 0 Å². The fourth-order valence-electron chi connectivity index (χ4n) is 2.27. The molecule has 0 aromatic carbocycles. The van der Waals surface area contributed by atoms with Crippen LogP contribution in [0, 0.1) is 13.8 Å². The first-order chi connectivity index (χ1) is 12.6. The highest BCUT2D eigenvalue weighted by Crippen LogP contribution is 2.32. The van der Waals surface area contributed by atoms with Crippen molar-refractivity contribution < 1.29 is 22.7 Å². The molecule has 2 aromatic heterocycles. The van der Waals surface area contributed by atoms with Crippen molar-refractivity contribution in [3.63, 3.8) is 0 Å². The SMILES string of the molecule is Cc1nn(C)c(C)c1C=CC(=O)OCCNc1ncc(C(F)(F)F)cc1Cl. The molecule has 6 nitrogen and oxygen atoms in total. The van der Waals surface area contributed by atoms with E-state index >= 15 is 0 Å². The smallest absolute Gasteiger partial charge is 0.417 e. The lowest BCUT2D eigenvalue weighted by molar-refractivity contribution is -0.138.